The van der Waals surface area contributed by atoms with Crippen molar-refractivity contribution in [2.75, 3.05) is 11.9 Å². The maximum atomic E-state index is 12.9. The molecule has 0 fully saturated rings. The summed E-state index contributed by atoms with van der Waals surface area (Å²) in [5, 5.41) is 18.1. The van der Waals surface area contributed by atoms with Crippen molar-refractivity contribution in [2.24, 2.45) is 0 Å². The number of carbonyl (C=O) groups excluding carboxylic acids is 1. The Morgan fingerprint density at radius 2 is 1.68 bits per heavy atom. The molecule has 0 aliphatic rings. The van der Waals surface area contributed by atoms with Gasteiger partial charge >= 0.3 is 11.9 Å². The van der Waals surface area contributed by atoms with E-state index in [0.29, 0.717) is 18.6 Å². The van der Waals surface area contributed by atoms with E-state index >= 15 is 0 Å². The molecule has 9 nitrogen and oxygen atoms in total. The predicted octanol–water partition coefficient (Wildman–Crippen LogP) is 3.28. The van der Waals surface area contributed by atoms with Crippen LogP contribution in [0, 0.1) is 0 Å². The van der Waals surface area contributed by atoms with Gasteiger partial charge < -0.3 is 20.0 Å². The second-order valence-corrected chi connectivity index (χ2v) is 9.66. The fourth-order valence-electron chi connectivity index (χ4n) is 3.70. The summed E-state index contributed by atoms with van der Waals surface area (Å²) in [5.41, 5.74) is -1.96. The van der Waals surface area contributed by atoms with Crippen molar-refractivity contribution in [1.82, 2.24) is 14.3 Å². The molecular formula is C26H36F3N4O5-. The quantitative estimate of drug-likeness (QED) is 0.324. The molecule has 0 spiro atoms. The fraction of sp³-hybridized carbons (Fsp3) is 0.615. The minimum absolute atomic E-state index is 0.0965. The Kier molecular flexibility index (Phi) is 11.4. The SMILES string of the molecule is CCCCCCCn1c(=O)c(NCCc2ccc(OC(C)(C)C(=O)[O-])cc2)nn(CCCC(F)(F)F)c1=O. The van der Waals surface area contributed by atoms with Crippen LogP contribution in [0.15, 0.2) is 33.9 Å². The second-order valence-electron chi connectivity index (χ2n) is 9.66. The number of carboxylic acids is 1. The van der Waals surface area contributed by atoms with E-state index in [-0.39, 0.29) is 31.9 Å². The lowest BCUT2D eigenvalue weighted by atomic mass is 10.1. The van der Waals surface area contributed by atoms with Crippen LogP contribution in [0.2, 0.25) is 0 Å². The first-order chi connectivity index (χ1) is 17.8. The van der Waals surface area contributed by atoms with Gasteiger partial charge in [-0.15, -0.1) is 5.10 Å². The molecule has 0 aliphatic heterocycles. The zero-order valence-corrected chi connectivity index (χ0v) is 22.1. The van der Waals surface area contributed by atoms with Crippen LogP contribution in [0.3, 0.4) is 0 Å². The summed E-state index contributed by atoms with van der Waals surface area (Å²) in [7, 11) is 0. The van der Waals surface area contributed by atoms with Gasteiger partial charge in [0.1, 0.15) is 11.4 Å². The largest absolute Gasteiger partial charge is 0.546 e. The lowest BCUT2D eigenvalue weighted by Crippen LogP contribution is -2.47. The Balaban J connectivity index is 2.11. The van der Waals surface area contributed by atoms with Gasteiger partial charge in [-0.25, -0.2) is 9.48 Å². The number of benzene rings is 1. The highest BCUT2D eigenvalue weighted by atomic mass is 19.4. The smallest absolute Gasteiger partial charge is 0.389 e. The number of anilines is 1. The number of nitrogens with one attached hydrogen (secondary N) is 1. The Bertz CT molecular complexity index is 1160. The van der Waals surface area contributed by atoms with Crippen molar-refractivity contribution in [3.63, 3.8) is 0 Å². The molecule has 0 aliphatic carbocycles. The third-order valence-electron chi connectivity index (χ3n) is 5.93. The van der Waals surface area contributed by atoms with Crippen molar-refractivity contribution in [1.29, 1.82) is 0 Å². The molecule has 38 heavy (non-hydrogen) atoms. The molecule has 0 amide bonds. The van der Waals surface area contributed by atoms with Crippen LogP contribution < -0.4 is 26.4 Å². The number of aryl methyl sites for hydroxylation is 1. The molecule has 0 bridgehead atoms. The van der Waals surface area contributed by atoms with E-state index in [4.69, 9.17) is 4.74 Å². The van der Waals surface area contributed by atoms with Crippen molar-refractivity contribution < 1.29 is 27.8 Å². The summed E-state index contributed by atoms with van der Waals surface area (Å²) in [6, 6.07) is 6.71. The van der Waals surface area contributed by atoms with Gasteiger partial charge in [-0.2, -0.15) is 13.2 Å². The Morgan fingerprint density at radius 1 is 1.03 bits per heavy atom. The number of carboxylic acid groups (broad SMARTS) is 1. The number of aliphatic carboxylic acids is 1. The molecule has 2 aromatic rings. The molecule has 2 rings (SSSR count). The summed E-state index contributed by atoms with van der Waals surface area (Å²) in [5.74, 6) is -1.09. The zero-order chi connectivity index (χ0) is 28.3. The van der Waals surface area contributed by atoms with Gasteiger partial charge in [0.05, 0.1) is 5.97 Å². The third kappa shape index (κ3) is 9.86. The number of hydrogen-bond acceptors (Lipinski definition) is 7. The van der Waals surface area contributed by atoms with Crippen molar-refractivity contribution in [3.8, 4) is 5.75 Å². The molecule has 0 unspecified atom stereocenters. The van der Waals surface area contributed by atoms with Gasteiger partial charge in [-0.1, -0.05) is 44.7 Å². The van der Waals surface area contributed by atoms with E-state index in [1.165, 1.54) is 13.8 Å². The van der Waals surface area contributed by atoms with Crippen LogP contribution in [0.1, 0.15) is 71.3 Å². The van der Waals surface area contributed by atoms with Gasteiger partial charge in [0, 0.05) is 26.1 Å². The van der Waals surface area contributed by atoms with Gasteiger partial charge in [0.2, 0.25) is 5.82 Å². The number of carbonyl (C=O) groups is 1. The van der Waals surface area contributed by atoms with Crippen LogP contribution in [0.4, 0.5) is 19.0 Å². The molecule has 1 N–H and O–H groups in total. The normalized spacial score (nSPS) is 11.9. The number of hydrogen-bond donors (Lipinski definition) is 1. The van der Waals surface area contributed by atoms with Crippen LogP contribution in [-0.2, 0) is 24.3 Å². The minimum Gasteiger partial charge on any atom is -0.546 e. The number of unbranched alkanes of at least 4 members (excludes halogenated alkanes) is 4. The highest BCUT2D eigenvalue weighted by Crippen LogP contribution is 2.21. The summed E-state index contributed by atoms with van der Waals surface area (Å²) in [6.45, 7) is 5.02. The maximum Gasteiger partial charge on any atom is 0.389 e. The molecule has 0 saturated heterocycles. The maximum absolute atomic E-state index is 12.9. The first kappa shape index (κ1) is 30.9. The number of nitrogens with zero attached hydrogens (tertiary/aromatic N) is 3. The number of halogens is 3. The van der Waals surface area contributed by atoms with Crippen LogP contribution in [0.5, 0.6) is 5.75 Å². The Hall–Kier alpha value is -3.31. The van der Waals surface area contributed by atoms with Crippen LogP contribution >= 0.6 is 0 Å². The summed E-state index contributed by atoms with van der Waals surface area (Å²) in [4.78, 5) is 36.9. The van der Waals surface area contributed by atoms with Gasteiger partial charge in [0.25, 0.3) is 5.56 Å². The second kappa shape index (κ2) is 14.0. The number of ether oxygens (including phenoxy) is 1. The van der Waals surface area contributed by atoms with E-state index in [2.05, 4.69) is 17.3 Å². The van der Waals surface area contributed by atoms with E-state index in [1.807, 2.05) is 0 Å². The monoisotopic (exact) mass is 541 g/mol. The highest BCUT2D eigenvalue weighted by Gasteiger charge is 2.26. The van der Waals surface area contributed by atoms with E-state index in [9.17, 15) is 32.7 Å². The fourth-order valence-corrected chi connectivity index (χ4v) is 3.70. The van der Waals surface area contributed by atoms with E-state index in [0.717, 1.165) is 40.5 Å². The van der Waals surface area contributed by atoms with Gasteiger partial charge in [0.15, 0.2) is 0 Å². The lowest BCUT2D eigenvalue weighted by Gasteiger charge is -2.27. The Labute approximate surface area is 219 Å². The molecule has 1 aromatic heterocycles. The molecule has 212 valence electrons. The molecule has 0 saturated carbocycles. The average Bonchev–Trinajstić information content (AvgIpc) is 2.83. The standard InChI is InChI=1S/C26H37F3N4O5/c1-4-5-6-7-8-17-32-22(34)21(31-33(24(32)37)18-9-15-26(27,28)29)30-16-14-19-10-12-20(13-11-19)38-25(2,3)23(35)36/h10-13H,4-9,14-18H2,1-3H3,(H,30,31)(H,35,36)/p-1. The molecular weight excluding hydrogens is 505 g/mol. The summed E-state index contributed by atoms with van der Waals surface area (Å²) >= 11 is 0. The summed E-state index contributed by atoms with van der Waals surface area (Å²) < 4.78 is 45.2. The van der Waals surface area contributed by atoms with Crippen molar-refractivity contribution >= 4 is 11.8 Å². The zero-order valence-electron chi connectivity index (χ0n) is 22.1. The Morgan fingerprint density at radius 3 is 2.29 bits per heavy atom. The topological polar surface area (TPSA) is 118 Å². The highest BCUT2D eigenvalue weighted by molar-refractivity contribution is 5.74. The minimum atomic E-state index is -4.35. The van der Waals surface area contributed by atoms with E-state index < -0.39 is 35.4 Å². The van der Waals surface area contributed by atoms with Gasteiger partial charge in [-0.3, -0.25) is 9.36 Å². The number of aromatic nitrogens is 3. The first-order valence-electron chi connectivity index (χ1n) is 12.9. The van der Waals surface area contributed by atoms with Crippen molar-refractivity contribution in [2.45, 2.75) is 97.0 Å². The molecule has 1 aromatic carbocycles. The molecule has 0 radical (unpaired) electrons. The van der Waals surface area contributed by atoms with Crippen molar-refractivity contribution in [3.05, 3.63) is 50.7 Å². The van der Waals surface area contributed by atoms with Gasteiger partial charge in [-0.05, 0) is 50.8 Å². The first-order valence-corrected chi connectivity index (χ1v) is 12.9. The summed E-state index contributed by atoms with van der Waals surface area (Å²) in [6.07, 6.45) is -0.786. The lowest BCUT2D eigenvalue weighted by molar-refractivity contribution is -0.320. The molecule has 12 heteroatoms. The molecule has 0 atom stereocenters. The molecule has 1 heterocycles. The average molecular weight is 542 g/mol. The third-order valence-corrected chi connectivity index (χ3v) is 5.93. The van der Waals surface area contributed by atoms with E-state index in [1.54, 1.807) is 24.3 Å². The van der Waals surface area contributed by atoms with Crippen LogP contribution in [-0.4, -0.2) is 38.6 Å². The number of alkyl halides is 3. The van der Waals surface area contributed by atoms with Crippen LogP contribution in [0.25, 0.3) is 0 Å². The number of rotatable bonds is 16. The predicted molar refractivity (Wildman–Crippen MR) is 135 cm³/mol.